The first-order valence-electron chi connectivity index (χ1n) is 9.37. The van der Waals surface area contributed by atoms with Gasteiger partial charge in [-0.15, -0.1) is 11.3 Å². The number of thiazole rings is 1. The van der Waals surface area contributed by atoms with Gasteiger partial charge < -0.3 is 5.32 Å². The fourth-order valence-corrected chi connectivity index (χ4v) is 5.74. The van der Waals surface area contributed by atoms with Crippen LogP contribution in [0.2, 0.25) is 0 Å². The highest BCUT2D eigenvalue weighted by Crippen LogP contribution is 2.41. The van der Waals surface area contributed by atoms with Crippen molar-refractivity contribution in [3.8, 4) is 0 Å². The monoisotopic (exact) mass is 405 g/mol. The number of benzene rings is 1. The molecule has 144 valence electrons. The average molecular weight is 406 g/mol. The van der Waals surface area contributed by atoms with E-state index < -0.39 is 10.0 Å². The van der Waals surface area contributed by atoms with E-state index in [0.29, 0.717) is 35.3 Å². The number of hydrogen-bond donors (Lipinski definition) is 1. The Labute approximate surface area is 163 Å². The molecule has 0 atom stereocenters. The maximum Gasteiger partial charge on any atom is 0.263 e. The summed E-state index contributed by atoms with van der Waals surface area (Å²) in [5, 5.41) is 3.93. The lowest BCUT2D eigenvalue weighted by molar-refractivity contribution is 0.0954. The van der Waals surface area contributed by atoms with Crippen molar-refractivity contribution in [1.29, 1.82) is 0 Å². The van der Waals surface area contributed by atoms with Crippen LogP contribution in [-0.2, 0) is 16.6 Å². The smallest absolute Gasteiger partial charge is 0.263 e. The van der Waals surface area contributed by atoms with Crippen molar-refractivity contribution in [3.05, 3.63) is 45.9 Å². The van der Waals surface area contributed by atoms with E-state index in [1.165, 1.54) is 24.2 Å². The second-order valence-corrected chi connectivity index (χ2v) is 10.1. The van der Waals surface area contributed by atoms with Crippen LogP contribution in [0.25, 0.3) is 0 Å². The number of aromatic nitrogens is 1. The summed E-state index contributed by atoms with van der Waals surface area (Å²) in [5.41, 5.74) is 0.868. The SMILES string of the molecule is O=C(NCc1ccc(S(=O)(=O)N2CCCCC2)cc1)c1cnc(C2CC2)s1. The lowest BCUT2D eigenvalue weighted by Crippen LogP contribution is -2.35. The zero-order chi connectivity index (χ0) is 18.9. The van der Waals surface area contributed by atoms with E-state index in [0.717, 1.165) is 29.8 Å². The Morgan fingerprint density at radius 1 is 1.15 bits per heavy atom. The predicted octanol–water partition coefficient (Wildman–Crippen LogP) is 3.13. The van der Waals surface area contributed by atoms with E-state index >= 15 is 0 Å². The van der Waals surface area contributed by atoms with Gasteiger partial charge in [-0.3, -0.25) is 4.79 Å². The summed E-state index contributed by atoms with van der Waals surface area (Å²) in [4.78, 5) is 17.5. The normalized spacial score (nSPS) is 18.4. The predicted molar refractivity (Wildman–Crippen MR) is 104 cm³/mol. The molecule has 0 radical (unpaired) electrons. The van der Waals surface area contributed by atoms with Gasteiger partial charge in [-0.2, -0.15) is 4.31 Å². The largest absolute Gasteiger partial charge is 0.347 e. The zero-order valence-electron chi connectivity index (χ0n) is 15.1. The fraction of sp³-hybridized carbons (Fsp3) is 0.474. The summed E-state index contributed by atoms with van der Waals surface area (Å²) in [5.74, 6) is 0.412. The lowest BCUT2D eigenvalue weighted by atomic mass is 10.2. The number of sulfonamides is 1. The summed E-state index contributed by atoms with van der Waals surface area (Å²) < 4.78 is 26.9. The topological polar surface area (TPSA) is 79.4 Å². The summed E-state index contributed by atoms with van der Waals surface area (Å²) in [7, 11) is -3.41. The Hall–Kier alpha value is -1.77. The second-order valence-electron chi connectivity index (χ2n) is 7.13. The van der Waals surface area contributed by atoms with Crippen LogP contribution >= 0.6 is 11.3 Å². The molecule has 1 saturated carbocycles. The Bertz CT molecular complexity index is 912. The number of amides is 1. The molecule has 27 heavy (non-hydrogen) atoms. The molecule has 2 heterocycles. The highest BCUT2D eigenvalue weighted by molar-refractivity contribution is 7.89. The van der Waals surface area contributed by atoms with Crippen molar-refractivity contribution in [2.24, 2.45) is 0 Å². The van der Waals surface area contributed by atoms with E-state index in [1.807, 2.05) is 0 Å². The number of nitrogens with one attached hydrogen (secondary N) is 1. The average Bonchev–Trinajstić information content (AvgIpc) is 3.43. The molecule has 0 spiro atoms. The number of hydrogen-bond acceptors (Lipinski definition) is 5. The molecular weight excluding hydrogens is 382 g/mol. The van der Waals surface area contributed by atoms with Crippen molar-refractivity contribution in [1.82, 2.24) is 14.6 Å². The number of rotatable bonds is 6. The van der Waals surface area contributed by atoms with E-state index in [4.69, 9.17) is 0 Å². The number of nitrogens with zero attached hydrogens (tertiary/aromatic N) is 2. The molecule has 1 saturated heterocycles. The standard InChI is InChI=1S/C19H23N3O3S2/c23-18(17-13-21-19(26-17)15-6-7-15)20-12-14-4-8-16(9-5-14)27(24,25)22-10-2-1-3-11-22/h4-5,8-9,13,15H,1-3,6-7,10-12H2,(H,20,23). The molecule has 2 aromatic rings. The minimum absolute atomic E-state index is 0.135. The van der Waals surface area contributed by atoms with Crippen molar-refractivity contribution in [2.75, 3.05) is 13.1 Å². The molecule has 1 aromatic carbocycles. The van der Waals surface area contributed by atoms with Gasteiger partial charge in [0.05, 0.1) is 16.1 Å². The number of carbonyl (C=O) groups excluding carboxylic acids is 1. The first-order valence-corrected chi connectivity index (χ1v) is 11.6. The quantitative estimate of drug-likeness (QED) is 0.801. The second kappa shape index (κ2) is 7.69. The first kappa shape index (κ1) is 18.6. The third kappa shape index (κ3) is 4.23. The van der Waals surface area contributed by atoms with Gasteiger partial charge in [0.2, 0.25) is 10.0 Å². The van der Waals surface area contributed by atoms with Crippen molar-refractivity contribution in [3.63, 3.8) is 0 Å². The van der Waals surface area contributed by atoms with Crippen LogP contribution in [0.5, 0.6) is 0 Å². The lowest BCUT2D eigenvalue weighted by Gasteiger charge is -2.25. The van der Waals surface area contributed by atoms with Crippen LogP contribution in [0.4, 0.5) is 0 Å². The molecule has 1 aliphatic heterocycles. The molecule has 8 heteroatoms. The maximum absolute atomic E-state index is 12.7. The molecule has 0 unspecified atom stereocenters. The minimum Gasteiger partial charge on any atom is -0.347 e. The Morgan fingerprint density at radius 2 is 1.85 bits per heavy atom. The zero-order valence-corrected chi connectivity index (χ0v) is 16.7. The van der Waals surface area contributed by atoms with Crippen LogP contribution in [-0.4, -0.2) is 36.7 Å². The van der Waals surface area contributed by atoms with Crippen LogP contribution < -0.4 is 5.32 Å². The summed E-state index contributed by atoms with van der Waals surface area (Å²) >= 11 is 1.46. The van der Waals surface area contributed by atoms with Gasteiger partial charge in [-0.05, 0) is 43.4 Å². The third-order valence-electron chi connectivity index (χ3n) is 5.00. The molecule has 2 fully saturated rings. The van der Waals surface area contributed by atoms with Gasteiger partial charge in [0.15, 0.2) is 0 Å². The van der Waals surface area contributed by atoms with Gasteiger partial charge in [-0.25, -0.2) is 13.4 Å². The fourth-order valence-electron chi connectivity index (χ4n) is 3.21. The Morgan fingerprint density at radius 3 is 2.52 bits per heavy atom. The summed E-state index contributed by atoms with van der Waals surface area (Å²) in [6.07, 6.45) is 6.91. The molecule has 4 rings (SSSR count). The molecule has 1 amide bonds. The van der Waals surface area contributed by atoms with Gasteiger partial charge in [0, 0.05) is 25.6 Å². The Balaban J connectivity index is 1.36. The summed E-state index contributed by atoms with van der Waals surface area (Å²) in [6.45, 7) is 1.55. The summed E-state index contributed by atoms with van der Waals surface area (Å²) in [6, 6.07) is 6.78. The van der Waals surface area contributed by atoms with Crippen molar-refractivity contribution < 1.29 is 13.2 Å². The van der Waals surface area contributed by atoms with Crippen LogP contribution in [0, 0.1) is 0 Å². The van der Waals surface area contributed by atoms with Crippen molar-refractivity contribution >= 4 is 27.3 Å². The van der Waals surface area contributed by atoms with Crippen LogP contribution in [0.3, 0.4) is 0 Å². The van der Waals surface area contributed by atoms with Crippen molar-refractivity contribution in [2.45, 2.75) is 49.5 Å². The van der Waals surface area contributed by atoms with E-state index in [-0.39, 0.29) is 5.91 Å². The van der Waals surface area contributed by atoms with E-state index in [1.54, 1.807) is 34.8 Å². The van der Waals surface area contributed by atoms with Gasteiger partial charge >= 0.3 is 0 Å². The molecule has 6 nitrogen and oxygen atoms in total. The van der Waals surface area contributed by atoms with E-state index in [9.17, 15) is 13.2 Å². The number of piperidine rings is 1. The molecule has 2 aliphatic rings. The molecular formula is C19H23N3O3S2. The maximum atomic E-state index is 12.7. The third-order valence-corrected chi connectivity index (χ3v) is 8.07. The Kier molecular flexibility index (Phi) is 5.29. The first-order chi connectivity index (χ1) is 13.0. The number of carbonyl (C=O) groups is 1. The molecule has 1 N–H and O–H groups in total. The van der Waals surface area contributed by atoms with Gasteiger partial charge in [0.1, 0.15) is 4.88 Å². The van der Waals surface area contributed by atoms with Crippen LogP contribution in [0.1, 0.15) is 58.3 Å². The highest BCUT2D eigenvalue weighted by Gasteiger charge is 2.28. The highest BCUT2D eigenvalue weighted by atomic mass is 32.2. The van der Waals surface area contributed by atoms with Crippen LogP contribution in [0.15, 0.2) is 35.4 Å². The minimum atomic E-state index is -3.41. The molecule has 1 aliphatic carbocycles. The molecule has 1 aromatic heterocycles. The molecule has 0 bridgehead atoms. The van der Waals surface area contributed by atoms with Gasteiger partial charge in [0.25, 0.3) is 5.91 Å². The van der Waals surface area contributed by atoms with Gasteiger partial charge in [-0.1, -0.05) is 18.6 Å². The van der Waals surface area contributed by atoms with E-state index in [2.05, 4.69) is 10.3 Å².